The summed E-state index contributed by atoms with van der Waals surface area (Å²) in [5.41, 5.74) is 2.31. The number of aromatic nitrogens is 3. The zero-order chi connectivity index (χ0) is 17.9. The van der Waals surface area contributed by atoms with Crippen LogP contribution in [0.15, 0.2) is 47.4 Å². The molecule has 0 unspecified atom stereocenters. The third kappa shape index (κ3) is 3.42. The molecule has 3 aromatic rings. The van der Waals surface area contributed by atoms with Gasteiger partial charge in [-0.1, -0.05) is 6.07 Å². The zero-order valence-electron chi connectivity index (χ0n) is 14.1. The Hall–Kier alpha value is -3.22. The van der Waals surface area contributed by atoms with Crippen molar-refractivity contribution in [3.63, 3.8) is 0 Å². The van der Waals surface area contributed by atoms with E-state index >= 15 is 0 Å². The molecular formula is C19H18N4O3. The number of carbonyl (C=O) groups excluding carboxylic acids is 1. The molecule has 7 heteroatoms. The number of oxazole rings is 1. The monoisotopic (exact) mass is 350 g/mol. The van der Waals surface area contributed by atoms with Crippen LogP contribution in [0.25, 0.3) is 0 Å². The highest BCUT2D eigenvalue weighted by atomic mass is 16.4. The van der Waals surface area contributed by atoms with Gasteiger partial charge in [0.05, 0.1) is 18.3 Å². The van der Waals surface area contributed by atoms with Crippen LogP contribution in [0, 0.1) is 0 Å². The predicted molar refractivity (Wildman–Crippen MR) is 92.5 cm³/mol. The van der Waals surface area contributed by atoms with Gasteiger partial charge in [0.15, 0.2) is 5.89 Å². The maximum Gasteiger partial charge on any atom is 0.255 e. The van der Waals surface area contributed by atoms with E-state index in [9.17, 15) is 9.90 Å². The molecule has 0 saturated heterocycles. The van der Waals surface area contributed by atoms with E-state index in [0.717, 1.165) is 23.4 Å². The first-order chi connectivity index (χ1) is 12.7. The molecule has 1 aliphatic rings. The molecule has 0 atom stereocenters. The summed E-state index contributed by atoms with van der Waals surface area (Å²) >= 11 is 0. The zero-order valence-corrected chi connectivity index (χ0v) is 14.1. The molecule has 26 heavy (non-hydrogen) atoms. The number of fused-ring (bicyclic) bond motifs is 1. The first kappa shape index (κ1) is 16.3. The van der Waals surface area contributed by atoms with Gasteiger partial charge in [0, 0.05) is 38.0 Å². The number of hydrogen-bond acceptors (Lipinski definition) is 6. The standard InChI is InChI=1S/C19H18N4O3/c24-15-8-14(10-21-11-15)19(25)23-7-5-17-16(12-23)22-18(26-17)4-3-13-2-1-6-20-9-13/h1-2,6,8-11,24H,3-5,7,12H2. The van der Waals surface area contributed by atoms with Crippen molar-refractivity contribution in [1.29, 1.82) is 0 Å². The lowest BCUT2D eigenvalue weighted by Crippen LogP contribution is -2.35. The second-order valence-corrected chi connectivity index (χ2v) is 6.25. The number of aromatic hydroxyl groups is 1. The van der Waals surface area contributed by atoms with E-state index in [1.54, 1.807) is 11.1 Å². The van der Waals surface area contributed by atoms with E-state index in [1.165, 1.54) is 18.5 Å². The minimum absolute atomic E-state index is 0.0207. The third-order valence-corrected chi connectivity index (χ3v) is 4.38. The number of rotatable bonds is 4. The summed E-state index contributed by atoms with van der Waals surface area (Å²) in [7, 11) is 0. The maximum atomic E-state index is 12.6. The molecule has 0 aromatic carbocycles. The lowest BCUT2D eigenvalue weighted by molar-refractivity contribution is 0.0727. The normalized spacial score (nSPS) is 13.5. The number of nitrogens with zero attached hydrogens (tertiary/aromatic N) is 4. The summed E-state index contributed by atoms with van der Waals surface area (Å²) in [5.74, 6) is 1.35. The Balaban J connectivity index is 1.44. The highest BCUT2D eigenvalue weighted by Gasteiger charge is 2.26. The molecule has 7 nitrogen and oxygen atoms in total. The van der Waals surface area contributed by atoms with Gasteiger partial charge >= 0.3 is 0 Å². The van der Waals surface area contributed by atoms with Crippen LogP contribution in [0.1, 0.15) is 33.3 Å². The quantitative estimate of drug-likeness (QED) is 0.775. The largest absolute Gasteiger partial charge is 0.506 e. The Morgan fingerprint density at radius 1 is 1.23 bits per heavy atom. The van der Waals surface area contributed by atoms with Crippen LogP contribution in [0.3, 0.4) is 0 Å². The molecule has 4 heterocycles. The van der Waals surface area contributed by atoms with E-state index in [-0.39, 0.29) is 11.7 Å². The predicted octanol–water partition coefficient (Wildman–Crippen LogP) is 2.15. The molecule has 1 N–H and O–H groups in total. The number of aryl methyl sites for hydroxylation is 2. The van der Waals surface area contributed by atoms with Crippen molar-refractivity contribution < 1.29 is 14.3 Å². The van der Waals surface area contributed by atoms with Crippen LogP contribution in [-0.4, -0.2) is 37.4 Å². The van der Waals surface area contributed by atoms with Crippen LogP contribution in [0.5, 0.6) is 5.75 Å². The number of hydrogen-bond donors (Lipinski definition) is 1. The molecule has 4 rings (SSSR count). The van der Waals surface area contributed by atoms with Gasteiger partial charge in [-0.3, -0.25) is 14.8 Å². The van der Waals surface area contributed by atoms with Crippen LogP contribution in [-0.2, 0) is 25.8 Å². The Bertz CT molecular complexity index is 924. The van der Waals surface area contributed by atoms with Crippen LogP contribution < -0.4 is 0 Å². The summed E-state index contributed by atoms with van der Waals surface area (Å²) in [4.78, 5) is 26.8. The van der Waals surface area contributed by atoms with Crippen molar-refractivity contribution in [1.82, 2.24) is 19.9 Å². The summed E-state index contributed by atoms with van der Waals surface area (Å²) in [6.07, 6.45) is 8.49. The van der Waals surface area contributed by atoms with E-state index in [2.05, 4.69) is 15.0 Å². The summed E-state index contributed by atoms with van der Waals surface area (Å²) in [5, 5.41) is 9.51. The lowest BCUT2D eigenvalue weighted by Gasteiger charge is -2.25. The van der Waals surface area contributed by atoms with Crippen molar-refractivity contribution in [2.45, 2.75) is 25.8 Å². The van der Waals surface area contributed by atoms with E-state index in [1.807, 2.05) is 18.3 Å². The molecular weight excluding hydrogens is 332 g/mol. The van der Waals surface area contributed by atoms with Gasteiger partial charge in [-0.2, -0.15) is 0 Å². The summed E-state index contributed by atoms with van der Waals surface area (Å²) < 4.78 is 5.86. The third-order valence-electron chi connectivity index (χ3n) is 4.38. The van der Waals surface area contributed by atoms with Gasteiger partial charge < -0.3 is 14.4 Å². The fourth-order valence-electron chi connectivity index (χ4n) is 3.06. The van der Waals surface area contributed by atoms with E-state index < -0.39 is 0 Å². The molecule has 0 radical (unpaired) electrons. The smallest absolute Gasteiger partial charge is 0.255 e. The fraction of sp³-hybridized carbons (Fsp3) is 0.263. The Morgan fingerprint density at radius 2 is 2.15 bits per heavy atom. The maximum absolute atomic E-state index is 12.6. The molecule has 1 aliphatic heterocycles. The molecule has 0 spiro atoms. The molecule has 0 bridgehead atoms. The van der Waals surface area contributed by atoms with Gasteiger partial charge in [0.25, 0.3) is 5.91 Å². The second-order valence-electron chi connectivity index (χ2n) is 6.25. The lowest BCUT2D eigenvalue weighted by atomic mass is 10.1. The minimum atomic E-state index is -0.168. The van der Waals surface area contributed by atoms with Crippen molar-refractivity contribution in [2.24, 2.45) is 0 Å². The summed E-state index contributed by atoms with van der Waals surface area (Å²) in [6, 6.07) is 5.36. The number of carbonyl (C=O) groups is 1. The molecule has 1 amide bonds. The fourth-order valence-corrected chi connectivity index (χ4v) is 3.06. The Morgan fingerprint density at radius 3 is 2.96 bits per heavy atom. The van der Waals surface area contributed by atoms with Crippen molar-refractivity contribution in [3.05, 3.63) is 71.5 Å². The SMILES string of the molecule is O=C(c1cncc(O)c1)N1CCc2oc(CCc3cccnc3)nc2C1. The van der Waals surface area contributed by atoms with Crippen LogP contribution in [0.4, 0.5) is 0 Å². The van der Waals surface area contributed by atoms with Gasteiger partial charge in [-0.15, -0.1) is 0 Å². The number of pyridine rings is 2. The van der Waals surface area contributed by atoms with Crippen molar-refractivity contribution >= 4 is 5.91 Å². The number of amides is 1. The van der Waals surface area contributed by atoms with Gasteiger partial charge in [-0.25, -0.2) is 4.98 Å². The Labute approximate surface area is 150 Å². The molecule has 132 valence electrons. The highest BCUT2D eigenvalue weighted by Crippen LogP contribution is 2.22. The molecule has 3 aromatic heterocycles. The topological polar surface area (TPSA) is 92.3 Å². The minimum Gasteiger partial charge on any atom is -0.506 e. The first-order valence-corrected chi connectivity index (χ1v) is 8.48. The van der Waals surface area contributed by atoms with Crippen molar-refractivity contribution in [2.75, 3.05) is 6.54 Å². The molecule has 0 aliphatic carbocycles. The average molecular weight is 350 g/mol. The van der Waals surface area contributed by atoms with Gasteiger partial charge in [0.1, 0.15) is 17.2 Å². The van der Waals surface area contributed by atoms with E-state index in [0.29, 0.717) is 37.4 Å². The second kappa shape index (κ2) is 6.95. The van der Waals surface area contributed by atoms with Crippen LogP contribution >= 0.6 is 0 Å². The summed E-state index contributed by atoms with van der Waals surface area (Å²) in [6.45, 7) is 0.957. The molecule has 0 saturated carbocycles. The first-order valence-electron chi connectivity index (χ1n) is 8.48. The van der Waals surface area contributed by atoms with Gasteiger partial charge in [0.2, 0.25) is 0 Å². The van der Waals surface area contributed by atoms with Crippen molar-refractivity contribution in [3.8, 4) is 5.75 Å². The Kier molecular flexibility index (Phi) is 4.35. The van der Waals surface area contributed by atoms with Crippen LogP contribution in [0.2, 0.25) is 0 Å². The molecule has 0 fully saturated rings. The van der Waals surface area contributed by atoms with E-state index in [4.69, 9.17) is 4.42 Å². The highest BCUT2D eigenvalue weighted by molar-refractivity contribution is 5.94. The van der Waals surface area contributed by atoms with Gasteiger partial charge in [-0.05, 0) is 24.1 Å². The average Bonchev–Trinajstić information content (AvgIpc) is 3.08.